The molecule has 1 atom stereocenters. The summed E-state index contributed by atoms with van der Waals surface area (Å²) in [6, 6.07) is 18.2. The molecular weight excluding hydrogens is 529 g/mol. The number of aryl methyl sites for hydroxylation is 2. The SMILES string of the molecule is CCc1ccccc1N(CC(=O)N(Cc1ccc(F)cc1)[C@H](C)C(=O)NC(C)(C)C)S(=O)(=O)c1ccc(C)cc1. The molecule has 0 aliphatic carbocycles. The number of sulfonamides is 1. The number of nitrogens with one attached hydrogen (secondary N) is 1. The van der Waals surface area contributed by atoms with E-state index in [1.165, 1.54) is 41.3 Å². The Morgan fingerprint density at radius 1 is 0.950 bits per heavy atom. The predicted molar refractivity (Wildman–Crippen MR) is 156 cm³/mol. The highest BCUT2D eigenvalue weighted by Crippen LogP contribution is 2.28. The van der Waals surface area contributed by atoms with Gasteiger partial charge in [-0.05, 0) is 82.5 Å². The number of carbonyl (C=O) groups excluding carboxylic acids is 2. The van der Waals surface area contributed by atoms with Gasteiger partial charge in [-0.15, -0.1) is 0 Å². The summed E-state index contributed by atoms with van der Waals surface area (Å²) in [4.78, 5) is 28.6. The van der Waals surface area contributed by atoms with Crippen molar-refractivity contribution < 1.29 is 22.4 Å². The maximum atomic E-state index is 14.0. The summed E-state index contributed by atoms with van der Waals surface area (Å²) in [6.07, 6.45) is 0.550. The lowest BCUT2D eigenvalue weighted by atomic mass is 10.1. The largest absolute Gasteiger partial charge is 0.350 e. The first-order chi connectivity index (χ1) is 18.7. The van der Waals surface area contributed by atoms with Crippen molar-refractivity contribution in [3.8, 4) is 0 Å². The molecule has 0 bridgehead atoms. The lowest BCUT2D eigenvalue weighted by molar-refractivity contribution is -0.140. The average Bonchev–Trinajstić information content (AvgIpc) is 2.90. The topological polar surface area (TPSA) is 86.8 Å². The number of amides is 2. The van der Waals surface area contributed by atoms with Gasteiger partial charge in [-0.25, -0.2) is 12.8 Å². The molecule has 7 nitrogen and oxygen atoms in total. The first-order valence-electron chi connectivity index (χ1n) is 13.3. The van der Waals surface area contributed by atoms with Crippen LogP contribution in [0.4, 0.5) is 10.1 Å². The molecule has 9 heteroatoms. The standard InChI is InChI=1S/C31H38FN3O4S/c1-7-25-10-8-9-11-28(25)35(40(38,39)27-18-12-22(2)13-19-27)21-29(36)34(20-24-14-16-26(32)17-15-24)23(3)30(37)33-31(4,5)6/h8-19,23H,7,20-21H2,1-6H3,(H,33,37)/t23-/m1/s1. The summed E-state index contributed by atoms with van der Waals surface area (Å²) in [5, 5.41) is 2.89. The van der Waals surface area contributed by atoms with Crippen molar-refractivity contribution in [2.24, 2.45) is 0 Å². The van der Waals surface area contributed by atoms with E-state index in [9.17, 15) is 22.4 Å². The van der Waals surface area contributed by atoms with E-state index in [-0.39, 0.29) is 17.3 Å². The van der Waals surface area contributed by atoms with Crippen molar-refractivity contribution in [2.75, 3.05) is 10.8 Å². The zero-order chi connectivity index (χ0) is 29.7. The summed E-state index contributed by atoms with van der Waals surface area (Å²) >= 11 is 0. The van der Waals surface area contributed by atoms with Crippen LogP contribution in [0.25, 0.3) is 0 Å². The Hall–Kier alpha value is -3.72. The van der Waals surface area contributed by atoms with Gasteiger partial charge >= 0.3 is 0 Å². The number of para-hydroxylation sites is 1. The summed E-state index contributed by atoms with van der Waals surface area (Å²) in [5.41, 5.74) is 2.12. The van der Waals surface area contributed by atoms with Gasteiger partial charge in [0.1, 0.15) is 18.4 Å². The van der Waals surface area contributed by atoms with E-state index in [4.69, 9.17) is 0 Å². The van der Waals surface area contributed by atoms with Crippen molar-refractivity contribution in [1.29, 1.82) is 0 Å². The second-order valence-electron chi connectivity index (χ2n) is 10.9. The second-order valence-corrected chi connectivity index (χ2v) is 12.7. The quantitative estimate of drug-likeness (QED) is 0.364. The molecule has 0 fully saturated rings. The van der Waals surface area contributed by atoms with E-state index in [1.54, 1.807) is 31.2 Å². The van der Waals surface area contributed by atoms with Gasteiger partial charge in [0.15, 0.2) is 0 Å². The minimum absolute atomic E-state index is 0.00825. The highest BCUT2D eigenvalue weighted by molar-refractivity contribution is 7.92. The molecule has 0 spiro atoms. The molecule has 0 saturated heterocycles. The van der Waals surface area contributed by atoms with Crippen LogP contribution in [0.3, 0.4) is 0 Å². The van der Waals surface area contributed by atoms with Crippen molar-refractivity contribution in [3.63, 3.8) is 0 Å². The average molecular weight is 568 g/mol. The van der Waals surface area contributed by atoms with Crippen LogP contribution in [0.5, 0.6) is 0 Å². The fourth-order valence-electron chi connectivity index (χ4n) is 4.25. The molecule has 40 heavy (non-hydrogen) atoms. The number of carbonyl (C=O) groups is 2. The molecular formula is C31H38FN3O4S. The van der Waals surface area contributed by atoms with Crippen molar-refractivity contribution >= 4 is 27.5 Å². The summed E-state index contributed by atoms with van der Waals surface area (Å²) in [5.74, 6) is -1.38. The Labute approximate surface area is 237 Å². The third-order valence-corrected chi connectivity index (χ3v) is 8.23. The van der Waals surface area contributed by atoms with Crippen LogP contribution in [0.2, 0.25) is 0 Å². The molecule has 0 heterocycles. The summed E-state index contributed by atoms with van der Waals surface area (Å²) in [7, 11) is -4.15. The molecule has 2 amide bonds. The van der Waals surface area contributed by atoms with Crippen LogP contribution in [-0.2, 0) is 32.6 Å². The molecule has 0 aliphatic heterocycles. The van der Waals surface area contributed by atoms with Gasteiger partial charge in [-0.2, -0.15) is 0 Å². The number of benzene rings is 3. The molecule has 0 saturated carbocycles. The molecule has 3 rings (SSSR count). The molecule has 0 unspecified atom stereocenters. The molecule has 0 aromatic heterocycles. The first kappa shape index (κ1) is 30.8. The normalized spacial score (nSPS) is 12.5. The van der Waals surface area contributed by atoms with E-state index in [0.29, 0.717) is 17.7 Å². The number of anilines is 1. The number of rotatable bonds is 10. The van der Waals surface area contributed by atoms with Crippen molar-refractivity contribution in [1.82, 2.24) is 10.2 Å². The Bertz CT molecular complexity index is 1430. The van der Waals surface area contributed by atoms with Crippen LogP contribution in [0, 0.1) is 12.7 Å². The van der Waals surface area contributed by atoms with Crippen LogP contribution in [0.1, 0.15) is 51.3 Å². The number of hydrogen-bond donors (Lipinski definition) is 1. The van der Waals surface area contributed by atoms with Gasteiger partial charge in [-0.3, -0.25) is 13.9 Å². The fourth-order valence-corrected chi connectivity index (χ4v) is 5.70. The van der Waals surface area contributed by atoms with Gasteiger partial charge in [0.05, 0.1) is 10.6 Å². The first-order valence-corrected chi connectivity index (χ1v) is 14.7. The minimum Gasteiger partial charge on any atom is -0.350 e. The van der Waals surface area contributed by atoms with E-state index in [0.717, 1.165) is 15.4 Å². The van der Waals surface area contributed by atoms with Crippen molar-refractivity contribution in [3.05, 3.63) is 95.3 Å². The van der Waals surface area contributed by atoms with Crippen LogP contribution >= 0.6 is 0 Å². The molecule has 214 valence electrons. The van der Waals surface area contributed by atoms with Gasteiger partial charge in [0, 0.05) is 12.1 Å². The lowest BCUT2D eigenvalue weighted by Crippen LogP contribution is -2.54. The Morgan fingerprint density at radius 2 is 1.55 bits per heavy atom. The maximum Gasteiger partial charge on any atom is 0.264 e. The van der Waals surface area contributed by atoms with E-state index in [2.05, 4.69) is 5.32 Å². The van der Waals surface area contributed by atoms with Gasteiger partial charge < -0.3 is 10.2 Å². The third-order valence-electron chi connectivity index (χ3n) is 6.46. The molecule has 3 aromatic carbocycles. The van der Waals surface area contributed by atoms with Gasteiger partial charge in [-0.1, -0.05) is 55.0 Å². The predicted octanol–water partition coefficient (Wildman–Crippen LogP) is 5.22. The Morgan fingerprint density at radius 3 is 2.12 bits per heavy atom. The Kier molecular flexibility index (Phi) is 9.73. The van der Waals surface area contributed by atoms with Gasteiger partial charge in [0.25, 0.3) is 10.0 Å². The molecule has 0 radical (unpaired) electrons. The summed E-state index contributed by atoms with van der Waals surface area (Å²) < 4.78 is 42.7. The number of hydrogen-bond acceptors (Lipinski definition) is 4. The smallest absolute Gasteiger partial charge is 0.264 e. The van der Waals surface area contributed by atoms with Crippen LogP contribution in [0.15, 0.2) is 77.7 Å². The Balaban J connectivity index is 2.07. The zero-order valence-corrected chi connectivity index (χ0v) is 24.8. The van der Waals surface area contributed by atoms with Crippen LogP contribution < -0.4 is 9.62 Å². The number of nitrogens with zero attached hydrogens (tertiary/aromatic N) is 2. The van der Waals surface area contributed by atoms with E-state index in [1.807, 2.05) is 46.8 Å². The highest BCUT2D eigenvalue weighted by Gasteiger charge is 2.34. The molecule has 1 N–H and O–H groups in total. The number of halogens is 1. The van der Waals surface area contributed by atoms with Crippen molar-refractivity contribution in [2.45, 2.75) is 71.0 Å². The van der Waals surface area contributed by atoms with Gasteiger partial charge in [0.2, 0.25) is 11.8 Å². The second kappa shape index (κ2) is 12.6. The minimum atomic E-state index is -4.15. The highest BCUT2D eigenvalue weighted by atomic mass is 32.2. The summed E-state index contributed by atoms with van der Waals surface area (Å²) in [6.45, 7) is 10.3. The van der Waals surface area contributed by atoms with E-state index < -0.39 is 39.9 Å². The molecule has 0 aliphatic rings. The third kappa shape index (κ3) is 7.69. The monoisotopic (exact) mass is 567 g/mol. The van der Waals surface area contributed by atoms with E-state index >= 15 is 0 Å². The zero-order valence-electron chi connectivity index (χ0n) is 23.9. The fraction of sp³-hybridized carbons (Fsp3) is 0.355. The maximum absolute atomic E-state index is 14.0. The lowest BCUT2D eigenvalue weighted by Gasteiger charge is -2.34. The van der Waals surface area contributed by atoms with Crippen LogP contribution in [-0.4, -0.2) is 43.3 Å². The molecule has 3 aromatic rings.